The smallest absolute Gasteiger partial charge is 0.328 e. The molecule has 8 aliphatic carbocycles. The van der Waals surface area contributed by atoms with Gasteiger partial charge in [-0.15, -0.1) is 0 Å². The van der Waals surface area contributed by atoms with Crippen molar-refractivity contribution in [3.05, 3.63) is 156 Å². The Hall–Kier alpha value is -5.78. The molecular weight excluding hydrogens is 1100 g/mol. The van der Waals surface area contributed by atoms with Crippen LogP contribution in [0, 0.1) is 88.8 Å². The predicted molar refractivity (Wildman–Crippen MR) is 339 cm³/mol. The minimum atomic E-state index is -1.39. The minimum Gasteiger partial charge on any atom is -0.478 e. The van der Waals surface area contributed by atoms with E-state index in [1.807, 2.05) is 32.9 Å². The Balaban J connectivity index is 0.000000212. The van der Waals surface area contributed by atoms with E-state index in [0.717, 1.165) is 86.8 Å². The van der Waals surface area contributed by atoms with Crippen LogP contribution in [0.3, 0.4) is 0 Å². The van der Waals surface area contributed by atoms with Crippen LogP contribution in [0.4, 0.5) is 0 Å². The summed E-state index contributed by atoms with van der Waals surface area (Å²) in [5, 5.41) is 110. The van der Waals surface area contributed by atoms with E-state index in [1.54, 1.807) is 67.7 Å². The quantitative estimate of drug-likeness (QED) is 0.0492. The molecule has 22 atom stereocenters. The number of aliphatic hydroxyl groups is 7. The van der Waals surface area contributed by atoms with Crippen LogP contribution in [0.2, 0.25) is 0 Å². The molecule has 480 valence electrons. The summed E-state index contributed by atoms with van der Waals surface area (Å²) < 4.78 is 0. The molecule has 0 radical (unpaired) electrons. The number of rotatable bonds is 12. The fourth-order valence-corrected chi connectivity index (χ4v) is 16.9. The summed E-state index contributed by atoms with van der Waals surface area (Å²) in [5.41, 5.74) is -1.62. The Labute approximate surface area is 516 Å². The molecule has 0 saturated heterocycles. The molecule has 8 rings (SSSR count). The van der Waals surface area contributed by atoms with Gasteiger partial charge in [0, 0.05) is 42.1 Å². The summed E-state index contributed by atoms with van der Waals surface area (Å²) in [6, 6.07) is 0. The van der Waals surface area contributed by atoms with Crippen LogP contribution < -0.4 is 0 Å². The van der Waals surface area contributed by atoms with Gasteiger partial charge in [0.1, 0.15) is 22.4 Å². The zero-order valence-electron chi connectivity index (χ0n) is 53.2. The number of carboxylic acids is 4. The van der Waals surface area contributed by atoms with Gasteiger partial charge in [-0.05, 0) is 198 Å². The maximum absolute atomic E-state index is 11.2. The van der Waals surface area contributed by atoms with Gasteiger partial charge in [0.2, 0.25) is 0 Å². The second-order valence-electron chi connectivity index (χ2n) is 27.7. The van der Waals surface area contributed by atoms with Crippen LogP contribution in [0.5, 0.6) is 0 Å². The van der Waals surface area contributed by atoms with E-state index in [1.165, 1.54) is 35.5 Å². The van der Waals surface area contributed by atoms with Crippen LogP contribution in [0.1, 0.15) is 134 Å². The third-order valence-electron chi connectivity index (χ3n) is 20.2. The van der Waals surface area contributed by atoms with Crippen LogP contribution in [0.25, 0.3) is 0 Å². The molecule has 0 aromatic heterocycles. The summed E-state index contributed by atoms with van der Waals surface area (Å²) in [4.78, 5) is 42.1. The molecule has 11 N–H and O–H groups in total. The third kappa shape index (κ3) is 18.0. The molecule has 0 heterocycles. The number of aliphatic carboxylic acids is 4. The standard InChI is InChI=1S/3C18H26O4.C18H24O3/c1-12-10-13(2)16-14(11-12)7-9-17(3,21)18(16,22)8-5-4-6-15(19)20;2*1-11-8-12(2)17-14(9-11)15(19)10-13(3)18(17,22)7-5-4-6-16(20)21;1-12-8-9-14-11-18(3,21)10-13(2)17(14)15(12)6-4-5-7-16(19)20/h4-9,12-14,16,21-22H,10-11H2,1-3H3,(H,19,20);2*4-7,10-12,14-15,17,19,22H,8-9H2,1-3H3,(H,20,21);4-9,13-14,17,21H,10-11H2,1-3H3,(H,19,20)/b6-4+,8-5+;3*6-4+,7-5+/t12-,13+,14-,16-,17+,18-;11-,12+,14+,15+,17-,18+;11-,12+,14+,15-,17-,18+;13-,14+,17+,18-/m0001/s1. The van der Waals surface area contributed by atoms with Crippen LogP contribution in [0.15, 0.2) is 156 Å². The summed E-state index contributed by atoms with van der Waals surface area (Å²) in [7, 11) is 0. The van der Waals surface area contributed by atoms with Gasteiger partial charge in [0.15, 0.2) is 0 Å². The molecule has 8 aliphatic rings. The van der Waals surface area contributed by atoms with E-state index >= 15 is 0 Å². The number of aliphatic hydroxyl groups excluding tert-OH is 2. The highest BCUT2D eigenvalue weighted by Gasteiger charge is 2.57. The normalized spacial score (nSPS) is 41.7. The molecular formula is C72H102O15. The molecule has 15 nitrogen and oxygen atoms in total. The monoisotopic (exact) mass is 1210 g/mol. The average molecular weight is 1210 g/mol. The Morgan fingerprint density at radius 1 is 0.483 bits per heavy atom. The summed E-state index contributed by atoms with van der Waals surface area (Å²) in [6.07, 6.45) is 41.4. The lowest BCUT2D eigenvalue weighted by atomic mass is 9.55. The van der Waals surface area contributed by atoms with Gasteiger partial charge in [-0.1, -0.05) is 140 Å². The van der Waals surface area contributed by atoms with Crippen molar-refractivity contribution < 1.29 is 75.3 Å². The maximum Gasteiger partial charge on any atom is 0.328 e. The highest BCUT2D eigenvalue weighted by Crippen LogP contribution is 2.54. The number of hydrogen-bond donors (Lipinski definition) is 11. The van der Waals surface area contributed by atoms with Crippen molar-refractivity contribution in [2.45, 2.75) is 175 Å². The fraction of sp³-hybridized carbons (Fsp3) is 0.583. The fourth-order valence-electron chi connectivity index (χ4n) is 16.9. The Kier molecular flexibility index (Phi) is 24.9. The summed E-state index contributed by atoms with van der Waals surface area (Å²) in [6.45, 7) is 24.4. The van der Waals surface area contributed by atoms with Crippen molar-refractivity contribution in [2.24, 2.45) is 88.8 Å². The van der Waals surface area contributed by atoms with Crippen molar-refractivity contribution >= 4 is 23.9 Å². The molecule has 87 heavy (non-hydrogen) atoms. The van der Waals surface area contributed by atoms with E-state index < -0.39 is 64.1 Å². The number of hydrogen-bond acceptors (Lipinski definition) is 11. The first-order valence-corrected chi connectivity index (χ1v) is 31.3. The maximum atomic E-state index is 11.2. The molecule has 0 bridgehead atoms. The molecule has 4 saturated carbocycles. The van der Waals surface area contributed by atoms with Crippen LogP contribution in [-0.2, 0) is 19.2 Å². The topological polar surface area (TPSA) is 291 Å². The first-order chi connectivity index (χ1) is 40.5. The van der Waals surface area contributed by atoms with Crippen LogP contribution >= 0.6 is 0 Å². The zero-order chi connectivity index (χ0) is 65.1. The highest BCUT2D eigenvalue weighted by atomic mass is 16.4. The lowest BCUT2D eigenvalue weighted by Gasteiger charge is -2.54. The van der Waals surface area contributed by atoms with Gasteiger partial charge < -0.3 is 56.2 Å². The number of carboxylic acid groups (broad SMARTS) is 4. The van der Waals surface area contributed by atoms with Crippen molar-refractivity contribution in [2.75, 3.05) is 0 Å². The predicted octanol–water partition coefficient (Wildman–Crippen LogP) is 11.1. The zero-order valence-corrected chi connectivity index (χ0v) is 53.2. The number of carbonyl (C=O) groups is 4. The second kappa shape index (κ2) is 30.2. The molecule has 0 spiro atoms. The molecule has 15 heteroatoms. The second-order valence-corrected chi connectivity index (χ2v) is 27.7. The molecule has 0 amide bonds. The molecule has 0 unspecified atom stereocenters. The van der Waals surface area contributed by atoms with E-state index in [-0.39, 0.29) is 41.4 Å². The van der Waals surface area contributed by atoms with E-state index in [4.69, 9.17) is 20.4 Å². The Morgan fingerprint density at radius 3 is 1.32 bits per heavy atom. The largest absolute Gasteiger partial charge is 0.478 e. The summed E-state index contributed by atoms with van der Waals surface area (Å²) in [5.74, 6) is -0.118. The van der Waals surface area contributed by atoms with E-state index in [9.17, 15) is 54.9 Å². The van der Waals surface area contributed by atoms with Crippen molar-refractivity contribution in [1.29, 1.82) is 0 Å². The first-order valence-electron chi connectivity index (χ1n) is 31.3. The van der Waals surface area contributed by atoms with Gasteiger partial charge in [-0.25, -0.2) is 19.2 Å². The molecule has 0 aromatic carbocycles. The van der Waals surface area contributed by atoms with Gasteiger partial charge in [-0.3, -0.25) is 0 Å². The number of fused-ring (bicyclic) bond motifs is 4. The number of allylic oxidation sites excluding steroid dienone is 14. The Morgan fingerprint density at radius 2 is 0.885 bits per heavy atom. The molecule has 0 aliphatic heterocycles. The average Bonchev–Trinajstić information content (AvgIpc) is 0.860. The van der Waals surface area contributed by atoms with E-state index in [0.29, 0.717) is 47.3 Å². The van der Waals surface area contributed by atoms with Crippen LogP contribution in [-0.4, -0.2) is 120 Å². The Bertz CT molecular complexity index is 2750. The first kappa shape index (κ1) is 72.0. The highest BCUT2D eigenvalue weighted by molar-refractivity contribution is 5.81. The third-order valence-corrected chi connectivity index (χ3v) is 20.2. The van der Waals surface area contributed by atoms with Gasteiger partial charge in [0.05, 0.1) is 17.8 Å². The summed E-state index contributed by atoms with van der Waals surface area (Å²) >= 11 is 0. The van der Waals surface area contributed by atoms with Crippen molar-refractivity contribution in [3.8, 4) is 0 Å². The molecule has 0 aromatic rings. The van der Waals surface area contributed by atoms with E-state index in [2.05, 4.69) is 67.5 Å². The lowest BCUT2D eigenvalue weighted by molar-refractivity contribution is -0.154. The lowest BCUT2D eigenvalue weighted by Crippen LogP contribution is -2.61. The van der Waals surface area contributed by atoms with Gasteiger partial charge in [-0.2, -0.15) is 0 Å². The van der Waals surface area contributed by atoms with Gasteiger partial charge in [0.25, 0.3) is 0 Å². The molecule has 4 fully saturated rings. The van der Waals surface area contributed by atoms with Crippen molar-refractivity contribution in [3.63, 3.8) is 0 Å². The van der Waals surface area contributed by atoms with Crippen molar-refractivity contribution in [1.82, 2.24) is 0 Å². The SMILES string of the molecule is CC1=C(/C=C/C=C/C(=O)O)[C@H]2[C@H](C)C[C@@](C)(O)C[C@@H]2C=C1.CC1=C[C@@H](O)[C@H]2C[C@@H](C)C[C@@H](C)[C@@H]2[C@@]1(O)/C=C/C=C/C(=O)O.CC1=C[C@H](O)[C@H]2C[C@@H](C)C[C@@H](C)[C@@H]2[C@@]1(O)/C=C/C=C/C(=O)O.C[C@H]1C[C@@H](C)[C@H]2[C@@H](C=C[C@@](C)(O)[C@]2(O)/C=C/C=C/C(=O)O)C1. The van der Waals surface area contributed by atoms with Gasteiger partial charge >= 0.3 is 23.9 Å². The minimum absolute atomic E-state index is 0.0422.